The van der Waals surface area contributed by atoms with Crippen LogP contribution < -0.4 is 0 Å². The number of hydrogen-bond donors (Lipinski definition) is 0. The first kappa shape index (κ1) is 14.1. The molecule has 0 fully saturated rings. The lowest BCUT2D eigenvalue weighted by atomic mass is 10.2. The molecule has 0 spiro atoms. The van der Waals surface area contributed by atoms with Gasteiger partial charge in [0.15, 0.2) is 0 Å². The first-order chi connectivity index (χ1) is 8.06. The van der Waals surface area contributed by atoms with Crippen LogP contribution in [0.25, 0.3) is 0 Å². The smallest absolute Gasteiger partial charge is 0.272 e. The lowest BCUT2D eigenvalue weighted by molar-refractivity contribution is 0.0629. The van der Waals surface area contributed by atoms with Gasteiger partial charge in [-0.15, -0.1) is 0 Å². The Kier molecular flexibility index (Phi) is 5.58. The molecule has 0 unspecified atom stereocenters. The number of halogens is 1. The highest BCUT2D eigenvalue weighted by atomic mass is 79.9. The van der Waals surface area contributed by atoms with Crippen LogP contribution >= 0.6 is 15.9 Å². The normalized spacial score (nSPS) is 10.6. The molecule has 0 saturated heterocycles. The third kappa shape index (κ3) is 4.09. The van der Waals surface area contributed by atoms with Crippen molar-refractivity contribution in [3.63, 3.8) is 0 Å². The van der Waals surface area contributed by atoms with Gasteiger partial charge in [0.25, 0.3) is 5.91 Å². The number of hydrogen-bond acceptors (Lipinski definition) is 3. The molecular formula is C12H17BrN2O2. The zero-order valence-electron chi connectivity index (χ0n) is 10.3. The van der Waals surface area contributed by atoms with Crippen LogP contribution in [0.4, 0.5) is 0 Å². The lowest BCUT2D eigenvalue weighted by Crippen LogP contribution is -2.39. The van der Waals surface area contributed by atoms with E-state index in [1.165, 1.54) is 0 Å². The summed E-state index contributed by atoms with van der Waals surface area (Å²) in [4.78, 5) is 18.1. The van der Waals surface area contributed by atoms with E-state index in [0.29, 0.717) is 18.8 Å². The van der Waals surface area contributed by atoms with Crippen molar-refractivity contribution >= 4 is 21.8 Å². The average molecular weight is 301 g/mol. The summed E-state index contributed by atoms with van der Waals surface area (Å²) in [6.45, 7) is 5.06. The molecule has 0 bridgehead atoms. The van der Waals surface area contributed by atoms with Crippen molar-refractivity contribution in [2.24, 2.45) is 0 Å². The van der Waals surface area contributed by atoms with Crippen molar-refractivity contribution in [2.75, 3.05) is 20.3 Å². The summed E-state index contributed by atoms with van der Waals surface area (Å²) in [5.41, 5.74) is 0.456. The van der Waals surface area contributed by atoms with Gasteiger partial charge in [0.1, 0.15) is 5.69 Å². The minimum absolute atomic E-state index is 0.0652. The predicted molar refractivity (Wildman–Crippen MR) is 70.0 cm³/mol. The van der Waals surface area contributed by atoms with Gasteiger partial charge in [-0.1, -0.05) is 0 Å². The largest absolute Gasteiger partial charge is 0.383 e. The molecule has 0 N–H and O–H groups in total. The number of amides is 1. The van der Waals surface area contributed by atoms with Crippen molar-refractivity contribution in [3.05, 3.63) is 28.5 Å². The van der Waals surface area contributed by atoms with Crippen LogP contribution in [-0.4, -0.2) is 42.1 Å². The third-order valence-corrected chi connectivity index (χ3v) is 2.84. The van der Waals surface area contributed by atoms with Crippen LogP contribution in [0.5, 0.6) is 0 Å². The molecule has 0 radical (unpaired) electrons. The maximum absolute atomic E-state index is 12.2. The van der Waals surface area contributed by atoms with Gasteiger partial charge in [-0.3, -0.25) is 4.79 Å². The van der Waals surface area contributed by atoms with Crippen LogP contribution in [0.3, 0.4) is 0 Å². The summed E-state index contributed by atoms with van der Waals surface area (Å²) in [6, 6.07) is 3.66. The van der Waals surface area contributed by atoms with Crippen molar-refractivity contribution in [3.8, 4) is 0 Å². The van der Waals surface area contributed by atoms with Crippen molar-refractivity contribution in [2.45, 2.75) is 19.9 Å². The standard InChI is InChI=1S/C12H17BrN2O2/c1-9(2)15(6-7-17-3)12(16)11-5-4-10(13)8-14-11/h4-5,8-9H,6-7H2,1-3H3. The van der Waals surface area contributed by atoms with Gasteiger partial charge < -0.3 is 9.64 Å². The number of pyridine rings is 1. The SMILES string of the molecule is COCCN(C(=O)c1ccc(Br)cn1)C(C)C. The van der Waals surface area contributed by atoms with Crippen LogP contribution in [0.15, 0.2) is 22.8 Å². The zero-order chi connectivity index (χ0) is 12.8. The van der Waals surface area contributed by atoms with E-state index in [9.17, 15) is 4.79 Å². The van der Waals surface area contributed by atoms with Gasteiger partial charge in [-0.2, -0.15) is 0 Å². The summed E-state index contributed by atoms with van der Waals surface area (Å²) in [5.74, 6) is -0.0652. The molecule has 5 heteroatoms. The third-order valence-electron chi connectivity index (χ3n) is 2.37. The van der Waals surface area contributed by atoms with E-state index in [-0.39, 0.29) is 11.9 Å². The van der Waals surface area contributed by atoms with E-state index >= 15 is 0 Å². The van der Waals surface area contributed by atoms with Crippen molar-refractivity contribution < 1.29 is 9.53 Å². The molecule has 4 nitrogen and oxygen atoms in total. The Bertz CT molecular complexity index is 365. The van der Waals surface area contributed by atoms with Gasteiger partial charge in [0.2, 0.25) is 0 Å². The summed E-state index contributed by atoms with van der Waals surface area (Å²) < 4.78 is 5.87. The van der Waals surface area contributed by atoms with Crippen LogP contribution in [-0.2, 0) is 4.74 Å². The maximum atomic E-state index is 12.2. The second kappa shape index (κ2) is 6.71. The highest BCUT2D eigenvalue weighted by Gasteiger charge is 2.19. The molecule has 0 saturated carbocycles. The molecule has 94 valence electrons. The van der Waals surface area contributed by atoms with Crippen LogP contribution in [0.1, 0.15) is 24.3 Å². The predicted octanol–water partition coefficient (Wildman–Crippen LogP) is 2.34. The number of rotatable bonds is 5. The highest BCUT2D eigenvalue weighted by molar-refractivity contribution is 9.10. The number of carbonyl (C=O) groups excluding carboxylic acids is 1. The molecule has 1 amide bonds. The minimum atomic E-state index is -0.0652. The second-order valence-electron chi connectivity index (χ2n) is 3.95. The van der Waals surface area contributed by atoms with Gasteiger partial charge in [0.05, 0.1) is 6.61 Å². The second-order valence-corrected chi connectivity index (χ2v) is 4.86. The van der Waals surface area contributed by atoms with E-state index in [2.05, 4.69) is 20.9 Å². The van der Waals surface area contributed by atoms with Gasteiger partial charge >= 0.3 is 0 Å². The molecule has 1 aromatic rings. The van der Waals surface area contributed by atoms with Gasteiger partial charge in [0, 0.05) is 30.4 Å². The minimum Gasteiger partial charge on any atom is -0.383 e. The molecule has 17 heavy (non-hydrogen) atoms. The summed E-state index contributed by atoms with van der Waals surface area (Å²) in [7, 11) is 1.63. The monoisotopic (exact) mass is 300 g/mol. The molecule has 0 aliphatic carbocycles. The van der Waals surface area contributed by atoms with Gasteiger partial charge in [-0.05, 0) is 41.9 Å². The summed E-state index contributed by atoms with van der Waals surface area (Å²) in [5, 5.41) is 0. The van der Waals surface area contributed by atoms with E-state index in [4.69, 9.17) is 4.74 Å². The number of carbonyl (C=O) groups is 1. The number of methoxy groups -OCH3 is 1. The Labute approximate surface area is 110 Å². The lowest BCUT2D eigenvalue weighted by Gasteiger charge is -2.26. The van der Waals surface area contributed by atoms with E-state index in [1.807, 2.05) is 19.9 Å². The zero-order valence-corrected chi connectivity index (χ0v) is 11.9. The Hall–Kier alpha value is -0.940. The van der Waals surface area contributed by atoms with E-state index in [0.717, 1.165) is 4.47 Å². The van der Waals surface area contributed by atoms with Crippen molar-refractivity contribution in [1.82, 2.24) is 9.88 Å². The highest BCUT2D eigenvalue weighted by Crippen LogP contribution is 2.10. The fourth-order valence-electron chi connectivity index (χ4n) is 1.43. The van der Waals surface area contributed by atoms with E-state index < -0.39 is 0 Å². The topological polar surface area (TPSA) is 42.4 Å². The van der Waals surface area contributed by atoms with Crippen LogP contribution in [0.2, 0.25) is 0 Å². The van der Waals surface area contributed by atoms with E-state index in [1.54, 1.807) is 24.3 Å². The maximum Gasteiger partial charge on any atom is 0.272 e. The summed E-state index contributed by atoms with van der Waals surface area (Å²) >= 11 is 3.30. The van der Waals surface area contributed by atoms with Gasteiger partial charge in [-0.25, -0.2) is 4.98 Å². The Morgan fingerprint density at radius 2 is 2.24 bits per heavy atom. The molecule has 1 heterocycles. The van der Waals surface area contributed by atoms with Crippen LogP contribution in [0, 0.1) is 0 Å². The quantitative estimate of drug-likeness (QED) is 0.838. The number of aromatic nitrogens is 1. The molecular weight excluding hydrogens is 284 g/mol. The Morgan fingerprint density at radius 1 is 1.53 bits per heavy atom. The Balaban J connectivity index is 2.80. The van der Waals surface area contributed by atoms with Crippen molar-refractivity contribution in [1.29, 1.82) is 0 Å². The first-order valence-corrected chi connectivity index (χ1v) is 6.27. The number of ether oxygens (including phenoxy) is 1. The molecule has 0 aliphatic rings. The molecule has 1 aromatic heterocycles. The average Bonchev–Trinajstić information content (AvgIpc) is 2.29. The fourth-order valence-corrected chi connectivity index (χ4v) is 1.67. The summed E-state index contributed by atoms with van der Waals surface area (Å²) in [6.07, 6.45) is 1.63. The molecule has 1 rings (SSSR count). The molecule has 0 aliphatic heterocycles. The number of nitrogens with zero attached hydrogens (tertiary/aromatic N) is 2. The first-order valence-electron chi connectivity index (χ1n) is 5.47. The fraction of sp³-hybridized carbons (Fsp3) is 0.500. The molecule has 0 aromatic carbocycles. The Morgan fingerprint density at radius 3 is 2.71 bits per heavy atom. The molecule has 0 atom stereocenters.